The van der Waals surface area contributed by atoms with Crippen LogP contribution in [0.25, 0.3) is 93.5 Å². The van der Waals surface area contributed by atoms with Crippen LogP contribution in [0.15, 0.2) is 255 Å². The third-order valence-electron chi connectivity index (χ3n) is 12.7. The molecule has 12 rings (SSSR count). The highest BCUT2D eigenvalue weighted by Crippen LogP contribution is 2.45. The average Bonchev–Trinajstić information content (AvgIpc) is 3.73. The maximum atomic E-state index is 2.45. The summed E-state index contributed by atoms with van der Waals surface area (Å²) in [6.45, 7) is 0. The second-order valence-corrected chi connectivity index (χ2v) is 16.5. The molecule has 0 saturated heterocycles. The Balaban J connectivity index is 1.03. The largest absolute Gasteiger partial charge is 0.310 e. The van der Waals surface area contributed by atoms with Crippen molar-refractivity contribution in [3.05, 3.63) is 255 Å². The Labute approximate surface area is 373 Å². The Morgan fingerprint density at radius 3 is 1.52 bits per heavy atom. The summed E-state index contributed by atoms with van der Waals surface area (Å²) in [6, 6.07) is 92.7. The minimum atomic E-state index is 1.09. The molecule has 0 radical (unpaired) electrons. The molecule has 0 atom stereocenters. The molecule has 0 aliphatic rings. The summed E-state index contributed by atoms with van der Waals surface area (Å²) in [5.41, 5.74) is 16.4. The van der Waals surface area contributed by atoms with Crippen LogP contribution in [0.3, 0.4) is 0 Å². The molecule has 0 fully saturated rings. The monoisotopic (exact) mass is 814 g/mol. The Morgan fingerprint density at radius 2 is 0.828 bits per heavy atom. The van der Waals surface area contributed by atoms with Crippen LogP contribution < -0.4 is 4.90 Å². The molecule has 1 heterocycles. The number of hydrogen-bond acceptors (Lipinski definition) is 1. The summed E-state index contributed by atoms with van der Waals surface area (Å²) in [7, 11) is 0. The first-order chi connectivity index (χ1) is 31.7. The molecule has 0 N–H and O–H groups in total. The van der Waals surface area contributed by atoms with Crippen molar-refractivity contribution in [3.8, 4) is 50.2 Å². The summed E-state index contributed by atoms with van der Waals surface area (Å²) in [4.78, 5) is 2.42. The van der Waals surface area contributed by atoms with Crippen molar-refractivity contribution in [2.45, 2.75) is 0 Å². The normalized spacial score (nSPS) is 11.4. The van der Waals surface area contributed by atoms with E-state index in [0.29, 0.717) is 0 Å². The minimum Gasteiger partial charge on any atom is -0.310 e. The second-order valence-electron chi connectivity index (χ2n) is 16.5. The molecule has 12 aromatic rings. The molecule has 0 amide bonds. The van der Waals surface area contributed by atoms with Crippen LogP contribution in [0.2, 0.25) is 0 Å². The van der Waals surface area contributed by atoms with E-state index < -0.39 is 0 Å². The van der Waals surface area contributed by atoms with Gasteiger partial charge in [0.1, 0.15) is 0 Å². The molecule has 0 spiro atoms. The number of anilines is 3. The van der Waals surface area contributed by atoms with Gasteiger partial charge in [0.15, 0.2) is 0 Å². The molecule has 2 heteroatoms. The predicted molar refractivity (Wildman–Crippen MR) is 272 cm³/mol. The lowest BCUT2D eigenvalue weighted by atomic mass is 9.93. The number of para-hydroxylation sites is 1. The molecule has 0 unspecified atom stereocenters. The van der Waals surface area contributed by atoms with E-state index in [-0.39, 0.29) is 0 Å². The smallest absolute Gasteiger partial charge is 0.0619 e. The number of aromatic nitrogens is 1. The zero-order chi connectivity index (χ0) is 42.4. The Hall–Kier alpha value is -8.46. The van der Waals surface area contributed by atoms with E-state index in [1.807, 2.05) is 0 Å². The topological polar surface area (TPSA) is 8.17 Å². The van der Waals surface area contributed by atoms with Gasteiger partial charge in [-0.25, -0.2) is 0 Å². The highest BCUT2D eigenvalue weighted by molar-refractivity contribution is 6.22. The maximum absolute atomic E-state index is 2.45. The van der Waals surface area contributed by atoms with Gasteiger partial charge in [-0.05, 0) is 122 Å². The Bertz CT molecular complexity index is 3580. The van der Waals surface area contributed by atoms with E-state index in [1.165, 1.54) is 82.3 Å². The van der Waals surface area contributed by atoms with E-state index in [2.05, 4.69) is 264 Å². The van der Waals surface area contributed by atoms with Crippen molar-refractivity contribution in [3.63, 3.8) is 0 Å². The number of benzene rings is 11. The lowest BCUT2D eigenvalue weighted by Gasteiger charge is -2.27. The van der Waals surface area contributed by atoms with E-state index in [0.717, 1.165) is 28.3 Å². The van der Waals surface area contributed by atoms with Crippen molar-refractivity contribution < 1.29 is 0 Å². The zero-order valence-corrected chi connectivity index (χ0v) is 35.1. The first kappa shape index (κ1) is 37.3. The first-order valence-electron chi connectivity index (χ1n) is 22.0. The lowest BCUT2D eigenvalue weighted by molar-refractivity contribution is 1.19. The number of hydrogen-bond donors (Lipinski definition) is 0. The fraction of sp³-hybridized carbons (Fsp3) is 0. The van der Waals surface area contributed by atoms with E-state index in [1.54, 1.807) is 0 Å². The van der Waals surface area contributed by atoms with E-state index in [9.17, 15) is 0 Å². The van der Waals surface area contributed by atoms with Crippen molar-refractivity contribution in [2.75, 3.05) is 4.90 Å². The molecule has 0 bridgehead atoms. The summed E-state index contributed by atoms with van der Waals surface area (Å²) in [6.07, 6.45) is 0. The minimum absolute atomic E-state index is 1.09. The first-order valence-corrected chi connectivity index (χ1v) is 22.0. The van der Waals surface area contributed by atoms with Crippen LogP contribution in [0, 0.1) is 0 Å². The summed E-state index contributed by atoms with van der Waals surface area (Å²) in [5, 5.41) is 7.37. The van der Waals surface area contributed by atoms with Crippen LogP contribution in [-0.2, 0) is 0 Å². The highest BCUT2D eigenvalue weighted by atomic mass is 15.1. The van der Waals surface area contributed by atoms with E-state index in [4.69, 9.17) is 0 Å². The van der Waals surface area contributed by atoms with Crippen LogP contribution >= 0.6 is 0 Å². The summed E-state index contributed by atoms with van der Waals surface area (Å²) in [5.74, 6) is 0. The van der Waals surface area contributed by atoms with Crippen molar-refractivity contribution in [1.82, 2.24) is 4.57 Å². The van der Waals surface area contributed by atoms with Crippen LogP contribution in [0.4, 0.5) is 17.1 Å². The number of fused-ring (bicyclic) bond motifs is 6. The molecule has 0 aliphatic heterocycles. The van der Waals surface area contributed by atoms with Crippen molar-refractivity contribution in [1.29, 1.82) is 0 Å². The lowest BCUT2D eigenvalue weighted by Crippen LogP contribution is -2.10. The number of nitrogens with zero attached hydrogens (tertiary/aromatic N) is 2. The fourth-order valence-electron chi connectivity index (χ4n) is 9.75. The van der Waals surface area contributed by atoms with Gasteiger partial charge in [-0.3, -0.25) is 0 Å². The summed E-state index contributed by atoms with van der Waals surface area (Å²) >= 11 is 0. The maximum Gasteiger partial charge on any atom is 0.0619 e. The van der Waals surface area contributed by atoms with Crippen molar-refractivity contribution >= 4 is 60.4 Å². The van der Waals surface area contributed by atoms with Gasteiger partial charge in [-0.2, -0.15) is 0 Å². The quantitative estimate of drug-likeness (QED) is 0.148. The third-order valence-corrected chi connectivity index (χ3v) is 12.7. The second kappa shape index (κ2) is 15.8. The zero-order valence-electron chi connectivity index (χ0n) is 35.1. The SMILES string of the molecule is c1ccc(-c2cc(-c3ccccc3)cc(-c3ccc(N(c4cccc(-c5cccc6c5c5ccc7ccccc7c5n6-c5ccccc5)c4)c4cccc5ccccc45)cc3)c2)cc1. The highest BCUT2D eigenvalue weighted by Gasteiger charge is 2.21. The molecule has 1 aromatic heterocycles. The average molecular weight is 815 g/mol. The molecular weight excluding hydrogens is 773 g/mol. The molecule has 300 valence electrons. The molecule has 64 heavy (non-hydrogen) atoms. The molecule has 0 aliphatic carbocycles. The third kappa shape index (κ3) is 6.52. The van der Waals surface area contributed by atoms with Gasteiger partial charge in [-0.1, -0.05) is 188 Å². The van der Waals surface area contributed by atoms with Gasteiger partial charge in [-0.15, -0.1) is 0 Å². The van der Waals surface area contributed by atoms with Gasteiger partial charge in [0, 0.05) is 38.6 Å². The predicted octanol–water partition coefficient (Wildman–Crippen LogP) is 17.2. The van der Waals surface area contributed by atoms with Gasteiger partial charge in [0.2, 0.25) is 0 Å². The summed E-state index contributed by atoms with van der Waals surface area (Å²) < 4.78 is 2.45. The molecule has 11 aromatic carbocycles. The van der Waals surface area contributed by atoms with Crippen molar-refractivity contribution in [2.24, 2.45) is 0 Å². The van der Waals surface area contributed by atoms with Crippen LogP contribution in [-0.4, -0.2) is 4.57 Å². The molecular formula is C62H42N2. The van der Waals surface area contributed by atoms with Gasteiger partial charge in [0.05, 0.1) is 16.7 Å². The van der Waals surface area contributed by atoms with Crippen LogP contribution in [0.5, 0.6) is 0 Å². The van der Waals surface area contributed by atoms with Gasteiger partial charge in [0.25, 0.3) is 0 Å². The molecule has 2 nitrogen and oxygen atoms in total. The van der Waals surface area contributed by atoms with Gasteiger partial charge >= 0.3 is 0 Å². The Kier molecular flexibility index (Phi) is 9.20. The fourth-order valence-corrected chi connectivity index (χ4v) is 9.75. The standard InChI is InChI=1S/C62H42N2/c1-4-17-43(18-5-1)49-39-50(44-19-6-2-7-20-44)41-51(40-49)45-33-36-53(37-34-45)63(59-31-15-23-46-21-10-12-28-55(46)59)54-27-14-24-48(42-54)56-30-16-32-60-61(56)58-38-35-47-22-11-13-29-57(47)62(58)64(60)52-25-8-3-9-26-52/h1-42H. The van der Waals surface area contributed by atoms with Crippen LogP contribution in [0.1, 0.15) is 0 Å². The number of rotatable bonds is 8. The van der Waals surface area contributed by atoms with Gasteiger partial charge < -0.3 is 9.47 Å². The Morgan fingerprint density at radius 1 is 0.297 bits per heavy atom. The van der Waals surface area contributed by atoms with E-state index >= 15 is 0 Å². The molecule has 0 saturated carbocycles.